The molecule has 9 rings (SSSR count). The van der Waals surface area contributed by atoms with Crippen molar-refractivity contribution >= 4 is 45.6 Å². The average Bonchev–Trinajstić information content (AvgIpc) is 3.93. The minimum Gasteiger partial charge on any atom is -0.350 e. The Balaban J connectivity index is 1.36. The third-order valence-corrected chi connectivity index (χ3v) is 9.55. The minimum atomic E-state index is 0.847. The Morgan fingerprint density at radius 2 is 0.731 bits per heavy atom. The Bertz CT molecular complexity index is 2540. The Kier molecular flexibility index (Phi) is 7.51. The summed E-state index contributed by atoms with van der Waals surface area (Å²) in [5.41, 5.74) is 16.0. The molecule has 250 valence electrons. The zero-order chi connectivity index (χ0) is 35.3. The second-order valence-electron chi connectivity index (χ2n) is 13.7. The number of nitrogens with one attached hydrogen (secondary N) is 2. The topological polar surface area (TPSA) is 72.9 Å². The van der Waals surface area contributed by atoms with Crippen LogP contribution in [-0.2, 0) is 0 Å². The van der Waals surface area contributed by atoms with Crippen LogP contribution in [0, 0.1) is 27.7 Å². The number of fused-ring (bicyclic) bond motifs is 8. The molecule has 7 aromatic heterocycles. The summed E-state index contributed by atoms with van der Waals surface area (Å²) < 4.78 is 8.55. The molecule has 2 aliphatic heterocycles. The second-order valence-corrected chi connectivity index (χ2v) is 13.7. The Morgan fingerprint density at radius 3 is 1.08 bits per heavy atom. The molecule has 2 N–H and O–H groups in total. The van der Waals surface area contributed by atoms with Crippen molar-refractivity contribution in [2.75, 3.05) is 0 Å². The van der Waals surface area contributed by atoms with Gasteiger partial charge in [0.2, 0.25) is 22.8 Å². The first-order valence-corrected chi connectivity index (χ1v) is 17.4. The predicted molar refractivity (Wildman–Crippen MR) is 203 cm³/mol. The van der Waals surface area contributed by atoms with Gasteiger partial charge in [-0.1, -0.05) is 0 Å². The number of hydrogen-bond acceptors (Lipinski definition) is 2. The van der Waals surface area contributed by atoms with Gasteiger partial charge in [-0.25, -0.2) is 9.97 Å². The van der Waals surface area contributed by atoms with E-state index in [0.29, 0.717) is 0 Å². The molecule has 8 bridgehead atoms. The number of aromatic nitrogens is 8. The number of H-pyrrole nitrogens is 2. The minimum absolute atomic E-state index is 0.847. The van der Waals surface area contributed by atoms with Crippen molar-refractivity contribution in [2.24, 2.45) is 0 Å². The van der Waals surface area contributed by atoms with Gasteiger partial charge >= 0.3 is 0 Å². The first kappa shape index (κ1) is 31.2. The Hall–Kier alpha value is -6.80. The van der Waals surface area contributed by atoms with Crippen LogP contribution in [0.3, 0.4) is 0 Å². The van der Waals surface area contributed by atoms with Gasteiger partial charge < -0.3 is 9.97 Å². The molecule has 9 heterocycles. The largest absolute Gasteiger partial charge is 0.350 e. The summed E-state index contributed by atoms with van der Waals surface area (Å²) in [4.78, 5) is 17.8. The van der Waals surface area contributed by atoms with Crippen molar-refractivity contribution in [3.63, 3.8) is 0 Å². The predicted octanol–water partition coefficient (Wildman–Crippen LogP) is 6.77. The highest BCUT2D eigenvalue weighted by Gasteiger charge is 2.24. The molecule has 0 unspecified atom stereocenters. The molecule has 0 fully saturated rings. The summed E-state index contributed by atoms with van der Waals surface area (Å²) in [6.45, 7) is 8.41. The van der Waals surface area contributed by atoms with Crippen LogP contribution in [0.15, 0.2) is 135 Å². The van der Waals surface area contributed by atoms with Crippen molar-refractivity contribution in [3.8, 4) is 11.4 Å². The molecule has 0 saturated heterocycles. The first-order valence-electron chi connectivity index (χ1n) is 17.4. The normalized spacial score (nSPS) is 12.5. The number of rotatable bonds is 4. The van der Waals surface area contributed by atoms with Crippen molar-refractivity contribution in [2.45, 2.75) is 27.7 Å². The van der Waals surface area contributed by atoms with E-state index in [1.807, 2.05) is 0 Å². The van der Waals surface area contributed by atoms with Gasteiger partial charge in [-0.15, -0.1) is 0 Å². The number of hydrogen-bond donors (Lipinski definition) is 2. The average molecular weight is 679 g/mol. The van der Waals surface area contributed by atoms with E-state index >= 15 is 0 Å². The highest BCUT2D eigenvalue weighted by Crippen LogP contribution is 2.26. The molecule has 0 saturated carbocycles. The molecule has 2 aliphatic rings. The molecule has 8 heteroatoms. The van der Waals surface area contributed by atoms with Crippen molar-refractivity contribution < 1.29 is 18.3 Å². The van der Waals surface area contributed by atoms with E-state index in [2.05, 4.69) is 203 Å². The zero-order valence-electron chi connectivity index (χ0n) is 29.5. The third kappa shape index (κ3) is 6.00. The first-order chi connectivity index (χ1) is 25.3. The van der Waals surface area contributed by atoms with E-state index < -0.39 is 0 Å². The van der Waals surface area contributed by atoms with Crippen LogP contribution < -0.4 is 18.3 Å². The summed E-state index contributed by atoms with van der Waals surface area (Å²) >= 11 is 0. The molecule has 8 nitrogen and oxygen atoms in total. The number of aromatic amines is 2. The van der Waals surface area contributed by atoms with E-state index in [-0.39, 0.29) is 0 Å². The molecule has 52 heavy (non-hydrogen) atoms. The fraction of sp³-hybridized carbons (Fsp3) is 0.0909. The number of pyridine rings is 4. The summed E-state index contributed by atoms with van der Waals surface area (Å²) in [5.74, 6) is 0. The SMILES string of the molecule is Cc1cc[n+](C2=Cc3cc4[nH]c(cc5nc(cc6[nH]c(cc2n3)cc6-[n+]2ccc(C)cc2)C=C5[n+]2ccc(C)cc2)cc4-[n+]2ccc(C)cc2)cc1. The van der Waals surface area contributed by atoms with E-state index in [4.69, 9.17) is 9.97 Å². The fourth-order valence-corrected chi connectivity index (χ4v) is 6.66. The van der Waals surface area contributed by atoms with Crippen molar-refractivity contribution in [1.29, 1.82) is 0 Å². The quantitative estimate of drug-likeness (QED) is 0.202. The highest BCUT2D eigenvalue weighted by atomic mass is 15.0. The van der Waals surface area contributed by atoms with E-state index in [0.717, 1.165) is 67.6 Å². The molecule has 0 aliphatic carbocycles. The Morgan fingerprint density at radius 1 is 0.404 bits per heavy atom. The monoisotopic (exact) mass is 678 g/mol. The van der Waals surface area contributed by atoms with Gasteiger partial charge in [0.05, 0.1) is 11.4 Å². The van der Waals surface area contributed by atoms with Crippen molar-refractivity contribution in [1.82, 2.24) is 19.9 Å². The molecule has 0 aromatic carbocycles. The van der Waals surface area contributed by atoms with E-state index in [1.165, 1.54) is 22.3 Å². The summed E-state index contributed by atoms with van der Waals surface area (Å²) in [5, 5.41) is 0. The lowest BCUT2D eigenvalue weighted by Crippen LogP contribution is -2.31. The highest BCUT2D eigenvalue weighted by molar-refractivity contribution is 5.84. The molecule has 0 amide bonds. The zero-order valence-corrected chi connectivity index (χ0v) is 29.5. The van der Waals surface area contributed by atoms with Gasteiger partial charge in [0, 0.05) is 83.8 Å². The number of aryl methyl sites for hydroxylation is 4. The van der Waals surface area contributed by atoms with Gasteiger partial charge in [-0.3, -0.25) is 0 Å². The summed E-state index contributed by atoms with van der Waals surface area (Å²) in [6.07, 6.45) is 21.1. The lowest BCUT2D eigenvalue weighted by atomic mass is 10.2. The molecule has 0 radical (unpaired) electrons. The van der Waals surface area contributed by atoms with Gasteiger partial charge in [-0.05, 0) is 74.2 Å². The molecule has 0 spiro atoms. The maximum Gasteiger partial charge on any atom is 0.238 e. The fourth-order valence-electron chi connectivity index (χ4n) is 6.66. The lowest BCUT2D eigenvalue weighted by molar-refractivity contribution is -0.594. The van der Waals surface area contributed by atoms with Crippen LogP contribution in [0.4, 0.5) is 0 Å². The van der Waals surface area contributed by atoms with Crippen LogP contribution in [-0.4, -0.2) is 19.9 Å². The second kappa shape index (κ2) is 12.5. The van der Waals surface area contributed by atoms with Crippen LogP contribution in [0.5, 0.6) is 0 Å². The van der Waals surface area contributed by atoms with Gasteiger partial charge in [-0.2, -0.15) is 18.3 Å². The molecule has 0 atom stereocenters. The van der Waals surface area contributed by atoms with Crippen molar-refractivity contribution in [3.05, 3.63) is 180 Å². The van der Waals surface area contributed by atoms with Crippen LogP contribution in [0.25, 0.3) is 57.0 Å². The molecular formula is C44H38N8+4. The maximum atomic E-state index is 5.22. The summed E-state index contributed by atoms with van der Waals surface area (Å²) in [6, 6.07) is 29.8. The van der Waals surface area contributed by atoms with Crippen LogP contribution in [0.2, 0.25) is 0 Å². The molecule has 7 aromatic rings. The number of nitrogens with zero attached hydrogens (tertiary/aromatic N) is 6. The third-order valence-electron chi connectivity index (χ3n) is 9.55. The van der Waals surface area contributed by atoms with Gasteiger partial charge in [0.25, 0.3) is 0 Å². The van der Waals surface area contributed by atoms with Gasteiger partial charge in [0.15, 0.2) is 49.6 Å². The maximum absolute atomic E-state index is 5.22. The van der Waals surface area contributed by atoms with E-state index in [1.54, 1.807) is 0 Å². The Labute approximate surface area is 301 Å². The smallest absolute Gasteiger partial charge is 0.238 e. The lowest BCUT2D eigenvalue weighted by Gasteiger charge is -1.96. The van der Waals surface area contributed by atoms with Crippen LogP contribution in [0.1, 0.15) is 45.0 Å². The van der Waals surface area contributed by atoms with Crippen LogP contribution >= 0.6 is 0 Å². The van der Waals surface area contributed by atoms with Gasteiger partial charge in [0.1, 0.15) is 22.4 Å². The standard InChI is InChI=1S/C44H38N8/c1-29-5-13-49(14-6-29)41-25-33-22-38-43(51-17-9-31(3)10-18-51)27-35(47-38)24-40-44(52-19-11-32(4)12-20-52)28-36(48-40)23-39-42(50-15-7-30(2)8-16-50)26-34(46-39)21-37(41)45-33/h5-28,45,48H,1-4H3/q+4. The van der Waals surface area contributed by atoms with E-state index in [9.17, 15) is 0 Å². The summed E-state index contributed by atoms with van der Waals surface area (Å²) in [7, 11) is 0. The molecular weight excluding hydrogens is 641 g/mol.